The summed E-state index contributed by atoms with van der Waals surface area (Å²) in [4.78, 5) is 19.9. The van der Waals surface area contributed by atoms with Gasteiger partial charge in [-0.2, -0.15) is 0 Å². The van der Waals surface area contributed by atoms with Crippen molar-refractivity contribution < 1.29 is 9.59 Å². The lowest BCUT2D eigenvalue weighted by Gasteiger charge is -2.26. The maximum atomic E-state index is 10.9. The molecule has 5 nitrogen and oxygen atoms in total. The fourth-order valence-corrected chi connectivity index (χ4v) is 1.62. The minimum atomic E-state index is -0.833. The zero-order chi connectivity index (χ0) is 11.3. The van der Waals surface area contributed by atoms with E-state index in [9.17, 15) is 4.79 Å². The van der Waals surface area contributed by atoms with Gasteiger partial charge >= 0.3 is 6.03 Å². The first kappa shape index (κ1) is 11.3. The molecular weight excluding hydrogens is 194 g/mol. The Morgan fingerprint density at radius 2 is 2.13 bits per heavy atom. The van der Waals surface area contributed by atoms with Gasteiger partial charge in [-0.3, -0.25) is 4.79 Å². The van der Waals surface area contributed by atoms with Crippen LogP contribution >= 0.6 is 0 Å². The molecule has 3 amide bonds. The molecule has 1 atom stereocenters. The quantitative estimate of drug-likeness (QED) is 0.537. The molecular formula is C10H15N3O2. The summed E-state index contributed by atoms with van der Waals surface area (Å²) in [5, 5.41) is 2.89. The number of urea groups is 1. The van der Waals surface area contributed by atoms with Crippen LogP contribution in [0.15, 0.2) is 23.9 Å². The molecule has 0 aromatic heterocycles. The predicted octanol–water partition coefficient (Wildman–Crippen LogP) is 0.380. The Morgan fingerprint density at radius 1 is 1.47 bits per heavy atom. The fraction of sp³-hybridized carbons (Fsp3) is 0.400. The lowest BCUT2D eigenvalue weighted by molar-refractivity contribution is -0.121. The van der Waals surface area contributed by atoms with E-state index in [1.807, 2.05) is 12.2 Å². The molecule has 0 spiro atoms. The maximum Gasteiger partial charge on any atom is 0.309 e. The summed E-state index contributed by atoms with van der Waals surface area (Å²) in [6.45, 7) is 0. The van der Waals surface area contributed by atoms with Crippen molar-refractivity contribution in [3.8, 4) is 0 Å². The van der Waals surface area contributed by atoms with Crippen molar-refractivity contribution in [1.29, 1.82) is 0 Å². The maximum absolute atomic E-state index is 10.9. The van der Waals surface area contributed by atoms with Crippen molar-refractivity contribution in [1.82, 2.24) is 5.32 Å². The molecule has 5 heteroatoms. The number of hydrogen-bond donors (Lipinski definition) is 3. The highest BCUT2D eigenvalue weighted by molar-refractivity contribution is 5.79. The van der Waals surface area contributed by atoms with Crippen LogP contribution in [0.1, 0.15) is 19.3 Å². The first-order valence-electron chi connectivity index (χ1n) is 4.81. The van der Waals surface area contributed by atoms with Crippen LogP contribution in [-0.2, 0) is 4.79 Å². The van der Waals surface area contributed by atoms with Gasteiger partial charge in [0.15, 0.2) is 0 Å². The average molecular weight is 209 g/mol. The van der Waals surface area contributed by atoms with E-state index < -0.39 is 6.03 Å². The monoisotopic (exact) mass is 209 g/mol. The highest BCUT2D eigenvalue weighted by Crippen LogP contribution is 2.26. The third-order valence-corrected chi connectivity index (χ3v) is 2.28. The van der Waals surface area contributed by atoms with E-state index in [1.165, 1.54) is 0 Å². The van der Waals surface area contributed by atoms with E-state index >= 15 is 0 Å². The average Bonchev–Trinajstić information content (AvgIpc) is 2.16. The number of primary amides is 2. The van der Waals surface area contributed by atoms with Crippen LogP contribution in [0, 0.1) is 5.92 Å². The number of carbonyl (C=O) groups excluding carboxylic acids is 2. The smallest absolute Gasteiger partial charge is 0.309 e. The van der Waals surface area contributed by atoms with Crippen LogP contribution in [0.25, 0.3) is 0 Å². The second-order valence-corrected chi connectivity index (χ2v) is 3.47. The Labute approximate surface area is 88.2 Å². The van der Waals surface area contributed by atoms with E-state index in [0.29, 0.717) is 12.3 Å². The van der Waals surface area contributed by atoms with Gasteiger partial charge in [0.05, 0.1) is 0 Å². The third kappa shape index (κ3) is 3.84. The largest absolute Gasteiger partial charge is 0.352 e. The summed E-state index contributed by atoms with van der Waals surface area (Å²) in [5.74, 6) is 0.750. The van der Waals surface area contributed by atoms with Gasteiger partial charge in [-0.05, 0) is 18.9 Å². The molecule has 1 saturated heterocycles. The molecule has 0 bridgehead atoms. The first-order valence-corrected chi connectivity index (χ1v) is 4.81. The van der Waals surface area contributed by atoms with Crippen molar-refractivity contribution in [3.63, 3.8) is 0 Å². The summed E-state index contributed by atoms with van der Waals surface area (Å²) in [6.07, 6.45) is 8.97. The van der Waals surface area contributed by atoms with Gasteiger partial charge in [0.25, 0.3) is 0 Å². The lowest BCUT2D eigenvalue weighted by Crippen LogP contribution is -2.33. The van der Waals surface area contributed by atoms with E-state index in [4.69, 9.17) is 4.79 Å². The van der Waals surface area contributed by atoms with Gasteiger partial charge in [0.2, 0.25) is 5.91 Å². The van der Waals surface area contributed by atoms with Crippen molar-refractivity contribution in [2.75, 3.05) is 0 Å². The molecule has 1 aliphatic carbocycles. The Morgan fingerprint density at radius 3 is 2.80 bits per heavy atom. The van der Waals surface area contributed by atoms with Crippen LogP contribution in [0.4, 0.5) is 4.79 Å². The highest BCUT2D eigenvalue weighted by Gasteiger charge is 2.22. The minimum absolute atomic E-state index is 0.169. The van der Waals surface area contributed by atoms with Crippen LogP contribution < -0.4 is 16.8 Å². The zero-order valence-electron chi connectivity index (χ0n) is 8.40. The second kappa shape index (κ2) is 5.19. The lowest BCUT2D eigenvalue weighted by atomic mass is 9.89. The van der Waals surface area contributed by atoms with Gasteiger partial charge in [-0.25, -0.2) is 4.79 Å². The number of piperidine rings is 1. The van der Waals surface area contributed by atoms with E-state index in [-0.39, 0.29) is 5.91 Å². The molecule has 0 aromatic rings. The van der Waals surface area contributed by atoms with Crippen molar-refractivity contribution >= 4 is 11.9 Å². The van der Waals surface area contributed by atoms with Crippen LogP contribution in [0.2, 0.25) is 0 Å². The summed E-state index contributed by atoms with van der Waals surface area (Å²) in [6, 6.07) is -0.833. The molecule has 15 heavy (non-hydrogen) atoms. The molecule has 0 radical (unpaired) electrons. The molecule has 0 aromatic carbocycles. The predicted molar refractivity (Wildman–Crippen MR) is 56.5 cm³/mol. The van der Waals surface area contributed by atoms with Crippen LogP contribution in [0.5, 0.6) is 0 Å². The number of amides is 3. The summed E-state index contributed by atoms with van der Waals surface area (Å²) in [5.41, 5.74) is 9.61. The van der Waals surface area contributed by atoms with Crippen molar-refractivity contribution in [3.05, 3.63) is 23.9 Å². The Hall–Kier alpha value is -1.78. The van der Waals surface area contributed by atoms with Crippen molar-refractivity contribution in [2.24, 2.45) is 17.4 Å². The number of carbonyl (C=O) groups is 2. The number of rotatable bonds is 0. The van der Waals surface area contributed by atoms with Crippen molar-refractivity contribution in [2.45, 2.75) is 19.3 Å². The van der Waals surface area contributed by atoms with E-state index in [0.717, 1.165) is 18.5 Å². The number of nitrogens with one attached hydrogen (secondary N) is 1. The Bertz CT molecular complexity index is 317. The number of fused-ring (bicyclic) bond motifs is 1. The topological polar surface area (TPSA) is 98.2 Å². The molecule has 2 aliphatic rings. The highest BCUT2D eigenvalue weighted by atomic mass is 16.2. The molecule has 2 rings (SSSR count). The third-order valence-electron chi connectivity index (χ3n) is 2.28. The normalized spacial score (nSPS) is 22.8. The van der Waals surface area contributed by atoms with E-state index in [2.05, 4.69) is 22.9 Å². The molecule has 0 saturated carbocycles. The summed E-state index contributed by atoms with van der Waals surface area (Å²) < 4.78 is 0. The molecule has 1 unspecified atom stereocenters. The SMILES string of the molecule is NC(N)=O.O=C1CCC2CC=CC=C2N1. The molecule has 1 aliphatic heterocycles. The molecule has 1 fully saturated rings. The van der Waals surface area contributed by atoms with Gasteiger partial charge in [-0.15, -0.1) is 0 Å². The number of nitrogens with two attached hydrogens (primary N) is 2. The summed E-state index contributed by atoms with van der Waals surface area (Å²) >= 11 is 0. The minimum Gasteiger partial charge on any atom is -0.352 e. The molecule has 1 heterocycles. The van der Waals surface area contributed by atoms with E-state index in [1.54, 1.807) is 0 Å². The first-order chi connectivity index (χ1) is 7.09. The number of allylic oxidation sites excluding steroid dienone is 4. The summed E-state index contributed by atoms with van der Waals surface area (Å²) in [7, 11) is 0. The van der Waals surface area contributed by atoms with Crippen LogP contribution in [0.3, 0.4) is 0 Å². The Kier molecular flexibility index (Phi) is 3.91. The van der Waals surface area contributed by atoms with Crippen LogP contribution in [-0.4, -0.2) is 11.9 Å². The van der Waals surface area contributed by atoms with Gasteiger partial charge < -0.3 is 16.8 Å². The molecule has 82 valence electrons. The second-order valence-electron chi connectivity index (χ2n) is 3.47. The standard InChI is InChI=1S/C9H11NO.CH4N2O/c11-9-6-5-7-3-1-2-4-8(7)10-9;2-1(3)4/h1-2,4,7H,3,5-6H2,(H,10,11);(H4,2,3,4). The van der Waals surface area contributed by atoms with Gasteiger partial charge in [0, 0.05) is 18.0 Å². The van der Waals surface area contributed by atoms with Gasteiger partial charge in [0.1, 0.15) is 0 Å². The zero-order valence-corrected chi connectivity index (χ0v) is 8.40. The Balaban J connectivity index is 0.000000245. The number of hydrogen-bond acceptors (Lipinski definition) is 2. The fourth-order valence-electron chi connectivity index (χ4n) is 1.62. The van der Waals surface area contributed by atoms with Gasteiger partial charge in [-0.1, -0.05) is 12.2 Å². The molecule has 5 N–H and O–H groups in total.